The highest BCUT2D eigenvalue weighted by atomic mass is 15.3. The Morgan fingerprint density at radius 2 is 2.12 bits per heavy atom. The van der Waals surface area contributed by atoms with Crippen molar-refractivity contribution in [1.82, 2.24) is 9.78 Å². The molecule has 0 amide bonds. The minimum Gasteiger partial charge on any atom is -0.365 e. The van der Waals surface area contributed by atoms with E-state index in [2.05, 4.69) is 16.5 Å². The van der Waals surface area contributed by atoms with E-state index in [1.165, 1.54) is 44.9 Å². The van der Waals surface area contributed by atoms with Crippen LogP contribution in [0.3, 0.4) is 0 Å². The summed E-state index contributed by atoms with van der Waals surface area (Å²) in [5.74, 6) is 1.05. The van der Waals surface area contributed by atoms with Gasteiger partial charge in [-0.1, -0.05) is 19.3 Å². The average molecular weight is 219 g/mol. The third-order valence-electron chi connectivity index (χ3n) is 4.56. The zero-order chi connectivity index (χ0) is 11.0. The molecule has 3 nitrogen and oxygen atoms in total. The molecule has 0 bridgehead atoms. The van der Waals surface area contributed by atoms with E-state index in [1.807, 2.05) is 17.9 Å². The molecule has 1 aromatic rings. The molecule has 16 heavy (non-hydrogen) atoms. The smallest absolute Gasteiger partial charge is 0.148 e. The van der Waals surface area contributed by atoms with Gasteiger partial charge in [-0.15, -0.1) is 0 Å². The van der Waals surface area contributed by atoms with Gasteiger partial charge >= 0.3 is 0 Å². The minimum absolute atomic E-state index is 0.621. The molecule has 1 aromatic heterocycles. The molecule has 1 N–H and O–H groups in total. The fraction of sp³-hybridized carbons (Fsp3) is 0.769. The Bertz CT molecular complexity index is 363. The lowest BCUT2D eigenvalue weighted by atomic mass is 9.57. The fourth-order valence-corrected chi connectivity index (χ4v) is 3.45. The first kappa shape index (κ1) is 10.2. The molecule has 0 radical (unpaired) electrons. The van der Waals surface area contributed by atoms with E-state index in [9.17, 15) is 0 Å². The van der Waals surface area contributed by atoms with Crippen LogP contribution in [0.4, 0.5) is 5.82 Å². The summed E-state index contributed by atoms with van der Waals surface area (Å²) in [5.41, 5.74) is 0.621. The van der Waals surface area contributed by atoms with Gasteiger partial charge in [-0.05, 0) is 31.1 Å². The van der Waals surface area contributed by atoms with Crippen LogP contribution in [-0.2, 0) is 7.05 Å². The monoisotopic (exact) mass is 219 g/mol. The Balaban J connectivity index is 1.67. The maximum Gasteiger partial charge on any atom is 0.148 e. The summed E-state index contributed by atoms with van der Waals surface area (Å²) in [6.45, 7) is 0. The number of anilines is 1. The Morgan fingerprint density at radius 1 is 1.31 bits per heavy atom. The summed E-state index contributed by atoms with van der Waals surface area (Å²) in [6, 6.07) is 2.76. The zero-order valence-corrected chi connectivity index (χ0v) is 10.1. The van der Waals surface area contributed by atoms with Crippen molar-refractivity contribution in [3.8, 4) is 0 Å². The van der Waals surface area contributed by atoms with Gasteiger partial charge in [0.05, 0.1) is 0 Å². The van der Waals surface area contributed by atoms with Gasteiger partial charge in [-0.3, -0.25) is 4.68 Å². The summed E-state index contributed by atoms with van der Waals surface area (Å²) in [5, 5.41) is 8.04. The van der Waals surface area contributed by atoms with Crippen molar-refractivity contribution in [2.24, 2.45) is 12.5 Å². The van der Waals surface area contributed by atoms with E-state index in [0.717, 1.165) is 5.82 Å². The highest BCUT2D eigenvalue weighted by Gasteiger charge is 2.46. The minimum atomic E-state index is 0.621. The van der Waals surface area contributed by atoms with E-state index in [-0.39, 0.29) is 0 Å². The first-order valence-corrected chi connectivity index (χ1v) is 6.55. The van der Waals surface area contributed by atoms with E-state index >= 15 is 0 Å². The number of aromatic nitrogens is 2. The second-order valence-electron chi connectivity index (χ2n) is 5.53. The third kappa shape index (κ3) is 1.62. The first-order valence-electron chi connectivity index (χ1n) is 6.55. The number of nitrogens with zero attached hydrogens (tertiary/aromatic N) is 2. The molecule has 0 aliphatic heterocycles. The fourth-order valence-electron chi connectivity index (χ4n) is 3.45. The van der Waals surface area contributed by atoms with Crippen molar-refractivity contribution < 1.29 is 0 Å². The predicted molar refractivity (Wildman–Crippen MR) is 65.4 cm³/mol. The number of hydrogen-bond acceptors (Lipinski definition) is 2. The standard InChI is InChI=1S/C13H21N3/c1-16-10-6-12(15-16)14-11-5-9-13(11)7-3-2-4-8-13/h6,10-11H,2-5,7-9H2,1H3,(H,14,15). The van der Waals surface area contributed by atoms with Crippen molar-refractivity contribution in [1.29, 1.82) is 0 Å². The van der Waals surface area contributed by atoms with E-state index < -0.39 is 0 Å². The van der Waals surface area contributed by atoms with E-state index in [4.69, 9.17) is 0 Å². The molecule has 88 valence electrons. The van der Waals surface area contributed by atoms with Crippen molar-refractivity contribution in [3.05, 3.63) is 12.3 Å². The van der Waals surface area contributed by atoms with Crippen LogP contribution in [0.25, 0.3) is 0 Å². The van der Waals surface area contributed by atoms with Crippen LogP contribution in [0.2, 0.25) is 0 Å². The Morgan fingerprint density at radius 3 is 2.69 bits per heavy atom. The summed E-state index contributed by atoms with van der Waals surface area (Å²) in [7, 11) is 1.97. The van der Waals surface area contributed by atoms with Crippen LogP contribution in [0, 0.1) is 5.41 Å². The normalized spacial score (nSPS) is 27.7. The molecule has 2 aliphatic carbocycles. The zero-order valence-electron chi connectivity index (χ0n) is 10.1. The maximum absolute atomic E-state index is 4.42. The second-order valence-corrected chi connectivity index (χ2v) is 5.53. The molecular formula is C13H21N3. The lowest BCUT2D eigenvalue weighted by Gasteiger charge is -2.52. The van der Waals surface area contributed by atoms with Gasteiger partial charge in [0.1, 0.15) is 5.82 Å². The molecular weight excluding hydrogens is 198 g/mol. The van der Waals surface area contributed by atoms with Crippen molar-refractivity contribution in [2.45, 2.75) is 51.0 Å². The molecule has 1 unspecified atom stereocenters. The maximum atomic E-state index is 4.42. The van der Waals surface area contributed by atoms with Crippen LogP contribution in [0.1, 0.15) is 44.9 Å². The van der Waals surface area contributed by atoms with Crippen LogP contribution < -0.4 is 5.32 Å². The van der Waals surface area contributed by atoms with Crippen LogP contribution in [0.15, 0.2) is 12.3 Å². The van der Waals surface area contributed by atoms with Crippen LogP contribution >= 0.6 is 0 Å². The summed E-state index contributed by atoms with van der Waals surface area (Å²) in [6.07, 6.45) is 11.9. The van der Waals surface area contributed by atoms with Gasteiger partial charge in [-0.25, -0.2) is 0 Å². The van der Waals surface area contributed by atoms with Gasteiger partial charge in [0.15, 0.2) is 0 Å². The molecule has 3 rings (SSSR count). The average Bonchev–Trinajstić information content (AvgIpc) is 2.72. The highest BCUT2D eigenvalue weighted by molar-refractivity contribution is 5.35. The first-order chi connectivity index (χ1) is 7.78. The largest absolute Gasteiger partial charge is 0.365 e. The molecule has 3 heteroatoms. The summed E-state index contributed by atoms with van der Waals surface area (Å²) >= 11 is 0. The van der Waals surface area contributed by atoms with Crippen molar-refractivity contribution in [3.63, 3.8) is 0 Å². The van der Waals surface area contributed by atoms with Gasteiger partial charge in [0, 0.05) is 25.4 Å². The number of hydrogen-bond donors (Lipinski definition) is 1. The second kappa shape index (κ2) is 3.79. The molecule has 2 aliphatic rings. The number of nitrogens with one attached hydrogen (secondary N) is 1. The summed E-state index contributed by atoms with van der Waals surface area (Å²) < 4.78 is 1.87. The van der Waals surface area contributed by atoms with Gasteiger partial charge < -0.3 is 5.32 Å². The van der Waals surface area contributed by atoms with E-state index in [0.29, 0.717) is 11.5 Å². The number of rotatable bonds is 2. The molecule has 2 fully saturated rings. The quantitative estimate of drug-likeness (QED) is 0.828. The topological polar surface area (TPSA) is 29.9 Å². The van der Waals surface area contributed by atoms with Crippen molar-refractivity contribution >= 4 is 5.82 Å². The third-order valence-corrected chi connectivity index (χ3v) is 4.56. The van der Waals surface area contributed by atoms with Gasteiger partial charge in [0.2, 0.25) is 0 Å². The predicted octanol–water partition coefficient (Wildman–Crippen LogP) is 2.94. The molecule has 0 aromatic carbocycles. The lowest BCUT2D eigenvalue weighted by molar-refractivity contribution is 0.0569. The highest BCUT2D eigenvalue weighted by Crippen LogP contribution is 2.52. The Hall–Kier alpha value is -0.990. The summed E-state index contributed by atoms with van der Waals surface area (Å²) in [4.78, 5) is 0. The van der Waals surface area contributed by atoms with E-state index in [1.54, 1.807) is 0 Å². The SMILES string of the molecule is Cn1ccc(NC2CCC23CCCCC3)n1. The lowest BCUT2D eigenvalue weighted by Crippen LogP contribution is -2.50. The molecule has 1 heterocycles. The van der Waals surface area contributed by atoms with Gasteiger partial charge in [-0.2, -0.15) is 5.10 Å². The van der Waals surface area contributed by atoms with Crippen LogP contribution in [0.5, 0.6) is 0 Å². The molecule has 2 saturated carbocycles. The Labute approximate surface area is 97.2 Å². The van der Waals surface area contributed by atoms with Gasteiger partial charge in [0.25, 0.3) is 0 Å². The molecule has 1 spiro atoms. The van der Waals surface area contributed by atoms with Crippen LogP contribution in [-0.4, -0.2) is 15.8 Å². The molecule has 0 saturated heterocycles. The number of aryl methyl sites for hydroxylation is 1. The Kier molecular flexibility index (Phi) is 2.41. The van der Waals surface area contributed by atoms with Crippen molar-refractivity contribution in [2.75, 3.05) is 5.32 Å². The molecule has 1 atom stereocenters.